The molecular formula is C29H30Cl3NO7S. The van der Waals surface area contributed by atoms with Crippen molar-refractivity contribution in [1.82, 2.24) is 0 Å². The lowest BCUT2D eigenvalue weighted by molar-refractivity contribution is -0.115. The van der Waals surface area contributed by atoms with Gasteiger partial charge in [0.1, 0.15) is 18.1 Å². The predicted octanol–water partition coefficient (Wildman–Crippen LogP) is 7.34. The molecule has 41 heavy (non-hydrogen) atoms. The van der Waals surface area contributed by atoms with Crippen molar-refractivity contribution in [3.05, 3.63) is 65.7 Å². The van der Waals surface area contributed by atoms with Gasteiger partial charge in [0, 0.05) is 5.56 Å². The summed E-state index contributed by atoms with van der Waals surface area (Å²) in [4.78, 5) is 12.6. The Morgan fingerprint density at radius 1 is 0.927 bits per heavy atom. The zero-order valence-corrected chi connectivity index (χ0v) is 26.4. The highest BCUT2D eigenvalue weighted by Crippen LogP contribution is 2.51. The number of hydrogen-bond acceptors (Lipinski definition) is 7. The van der Waals surface area contributed by atoms with Crippen LogP contribution in [0.5, 0.6) is 23.0 Å². The molecule has 8 nitrogen and oxygen atoms in total. The van der Waals surface area contributed by atoms with E-state index in [4.69, 9.17) is 53.2 Å². The van der Waals surface area contributed by atoms with Crippen molar-refractivity contribution in [2.24, 2.45) is 0 Å². The van der Waals surface area contributed by atoms with Gasteiger partial charge < -0.3 is 23.7 Å². The van der Waals surface area contributed by atoms with Crippen LogP contribution in [0.2, 0.25) is 0 Å². The van der Waals surface area contributed by atoms with Crippen molar-refractivity contribution in [3.8, 4) is 45.3 Å². The van der Waals surface area contributed by atoms with Crippen molar-refractivity contribution in [1.29, 1.82) is 0 Å². The summed E-state index contributed by atoms with van der Waals surface area (Å²) in [6, 6.07) is 14.1. The highest BCUT2D eigenvalue weighted by Gasteiger charge is 2.32. The fourth-order valence-electron chi connectivity index (χ4n) is 3.83. The van der Waals surface area contributed by atoms with Crippen molar-refractivity contribution in [3.63, 3.8) is 0 Å². The number of aryl methyl sites for hydroxylation is 1. The first-order chi connectivity index (χ1) is 19.1. The second-order valence-electron chi connectivity index (χ2n) is 9.27. The fraction of sp³-hybridized carbons (Fsp3) is 0.276. The molecule has 0 spiro atoms. The minimum absolute atomic E-state index is 0.109. The molecular weight excluding hydrogens is 613 g/mol. The first-order valence-electron chi connectivity index (χ1n) is 12.2. The molecule has 12 heteroatoms. The van der Waals surface area contributed by atoms with Crippen LogP contribution in [0.15, 0.2) is 60.2 Å². The van der Waals surface area contributed by atoms with E-state index in [1.807, 2.05) is 51.1 Å². The summed E-state index contributed by atoms with van der Waals surface area (Å²) >= 11 is 17.4. The van der Waals surface area contributed by atoms with Gasteiger partial charge in [-0.25, -0.2) is 0 Å². The molecule has 3 aromatic rings. The number of amides is 1. The molecule has 0 atom stereocenters. The Labute approximate surface area is 255 Å². The normalized spacial score (nSPS) is 11.4. The molecule has 1 N–H and O–H groups in total. The van der Waals surface area contributed by atoms with E-state index >= 15 is 0 Å². The van der Waals surface area contributed by atoms with Gasteiger partial charge in [0.05, 0.1) is 31.7 Å². The molecule has 0 aromatic heterocycles. The van der Waals surface area contributed by atoms with Crippen LogP contribution >= 0.6 is 34.8 Å². The van der Waals surface area contributed by atoms with E-state index in [2.05, 4.69) is 5.32 Å². The van der Waals surface area contributed by atoms with Crippen molar-refractivity contribution in [2.75, 3.05) is 32.4 Å². The molecule has 0 fully saturated rings. The first-order valence-corrected chi connectivity index (χ1v) is 15.1. The summed E-state index contributed by atoms with van der Waals surface area (Å²) < 4.78 is 45.4. The lowest BCUT2D eigenvalue weighted by atomic mass is 9.95. The molecule has 0 bridgehead atoms. The number of ether oxygens (including phenoxy) is 3. The molecule has 3 rings (SSSR count). The van der Waals surface area contributed by atoms with Crippen molar-refractivity contribution >= 4 is 56.5 Å². The molecule has 1 amide bonds. The maximum atomic E-state index is 12.6. The molecule has 0 aliphatic heterocycles. The first kappa shape index (κ1) is 32.4. The van der Waals surface area contributed by atoms with Gasteiger partial charge >= 0.3 is 10.1 Å². The second-order valence-corrected chi connectivity index (χ2v) is 13.1. The average molecular weight is 643 g/mol. The third-order valence-electron chi connectivity index (χ3n) is 5.73. The maximum Gasteiger partial charge on any atom is 0.306 e. The average Bonchev–Trinajstić information content (AvgIpc) is 2.87. The molecule has 0 saturated carbocycles. The summed E-state index contributed by atoms with van der Waals surface area (Å²) in [7, 11) is -1.19. The van der Waals surface area contributed by atoms with Gasteiger partial charge in [-0.05, 0) is 56.2 Å². The van der Waals surface area contributed by atoms with Crippen LogP contribution in [0.25, 0.3) is 22.3 Å². The van der Waals surface area contributed by atoms with E-state index in [0.717, 1.165) is 23.0 Å². The van der Waals surface area contributed by atoms with Crippen LogP contribution in [0.3, 0.4) is 0 Å². The molecule has 0 heterocycles. The fourth-order valence-corrected chi connectivity index (χ4v) is 4.44. The molecule has 3 aromatic carbocycles. The number of alkyl halides is 3. The lowest BCUT2D eigenvalue weighted by Gasteiger charge is -2.22. The zero-order valence-electron chi connectivity index (χ0n) is 23.3. The smallest absolute Gasteiger partial charge is 0.306 e. The van der Waals surface area contributed by atoms with Crippen LogP contribution in [-0.4, -0.2) is 45.2 Å². The van der Waals surface area contributed by atoms with Crippen LogP contribution in [0, 0.1) is 6.92 Å². The van der Waals surface area contributed by atoms with E-state index in [1.54, 1.807) is 18.2 Å². The number of carbonyl (C=O) groups excluding carboxylic acids is 1. The van der Waals surface area contributed by atoms with Gasteiger partial charge in [-0.2, -0.15) is 8.42 Å². The van der Waals surface area contributed by atoms with Gasteiger partial charge in [0.2, 0.25) is 0 Å². The summed E-state index contributed by atoms with van der Waals surface area (Å²) in [5, 5.41) is 2.56. The Balaban J connectivity index is 2.32. The second kappa shape index (κ2) is 13.2. The monoisotopic (exact) mass is 641 g/mol. The number of nitrogens with one attached hydrogen (secondary N) is 1. The number of methoxy groups -OCH3 is 2. The van der Waals surface area contributed by atoms with Crippen molar-refractivity contribution in [2.45, 2.75) is 24.6 Å². The number of halogens is 3. The van der Waals surface area contributed by atoms with E-state index in [-0.39, 0.29) is 40.9 Å². The third kappa shape index (κ3) is 8.45. The largest absolute Gasteiger partial charge is 0.496 e. The standard InChI is InChI=1S/C29H30Cl3NO7S/c1-17(2)13-14-39-23-12-11-20(15-22(23)33-28(34)29(30,31)32)25-24(37-4)16-21(19-9-7-18(3)8-10-19)26(38-5)27(25)40-41(6,35)36/h7-13,15-16H,14H2,1-6H3,(H,33,34). The zero-order chi connectivity index (χ0) is 30.5. The van der Waals surface area contributed by atoms with Gasteiger partial charge in [0.25, 0.3) is 9.70 Å². The minimum atomic E-state index is -4.04. The SMILES string of the molecule is COc1cc(-c2ccc(C)cc2)c(OC)c(OS(C)(=O)=O)c1-c1ccc(OCC=C(C)C)c(NC(=O)C(Cl)(Cl)Cl)c1. The van der Waals surface area contributed by atoms with Gasteiger partial charge in [-0.1, -0.05) is 76.3 Å². The third-order valence-corrected chi connectivity index (χ3v) is 6.71. The number of allylic oxidation sites excluding steroid dienone is 1. The van der Waals surface area contributed by atoms with Gasteiger partial charge in [0.15, 0.2) is 11.5 Å². The molecule has 0 saturated heterocycles. The lowest BCUT2D eigenvalue weighted by Crippen LogP contribution is -2.27. The predicted molar refractivity (Wildman–Crippen MR) is 164 cm³/mol. The van der Waals surface area contributed by atoms with E-state index < -0.39 is 19.8 Å². The van der Waals surface area contributed by atoms with E-state index in [1.165, 1.54) is 20.3 Å². The molecule has 220 valence electrons. The Hall–Kier alpha value is -3.11. The van der Waals surface area contributed by atoms with Gasteiger partial charge in [-0.3, -0.25) is 4.79 Å². The Morgan fingerprint density at radius 3 is 2.10 bits per heavy atom. The highest BCUT2D eigenvalue weighted by molar-refractivity contribution is 7.86. The van der Waals surface area contributed by atoms with Crippen LogP contribution in [0.1, 0.15) is 19.4 Å². The topological polar surface area (TPSA) is 100 Å². The quantitative estimate of drug-likeness (QED) is 0.140. The number of anilines is 1. The molecule has 0 unspecified atom stereocenters. The number of carbonyl (C=O) groups is 1. The summed E-state index contributed by atoms with van der Waals surface area (Å²) in [6.45, 7) is 6.00. The summed E-state index contributed by atoms with van der Waals surface area (Å²) in [5.41, 5.74) is 4.15. The maximum absolute atomic E-state index is 12.6. The van der Waals surface area contributed by atoms with Crippen LogP contribution < -0.4 is 23.7 Å². The Morgan fingerprint density at radius 2 is 1.56 bits per heavy atom. The number of benzene rings is 3. The Bertz CT molecular complexity index is 1560. The molecule has 0 aliphatic rings. The van der Waals surface area contributed by atoms with Gasteiger partial charge in [-0.15, -0.1) is 0 Å². The van der Waals surface area contributed by atoms with E-state index in [0.29, 0.717) is 11.1 Å². The number of hydrogen-bond donors (Lipinski definition) is 1. The number of rotatable bonds is 10. The Kier molecular flexibility index (Phi) is 10.5. The molecule has 0 radical (unpaired) electrons. The van der Waals surface area contributed by atoms with Crippen LogP contribution in [-0.2, 0) is 14.9 Å². The minimum Gasteiger partial charge on any atom is -0.496 e. The van der Waals surface area contributed by atoms with Crippen LogP contribution in [0.4, 0.5) is 5.69 Å². The van der Waals surface area contributed by atoms with Crippen molar-refractivity contribution < 1.29 is 31.6 Å². The van der Waals surface area contributed by atoms with E-state index in [9.17, 15) is 13.2 Å². The molecule has 0 aliphatic carbocycles. The summed E-state index contributed by atoms with van der Waals surface area (Å²) in [5.74, 6) is -0.315. The summed E-state index contributed by atoms with van der Waals surface area (Å²) in [6.07, 6.45) is 2.78. The highest BCUT2D eigenvalue weighted by atomic mass is 35.6.